The highest BCUT2D eigenvalue weighted by Crippen LogP contribution is 2.18. The number of halogens is 1. The van der Waals surface area contributed by atoms with Crippen LogP contribution in [0.4, 0.5) is 0 Å². The van der Waals surface area contributed by atoms with Crippen molar-refractivity contribution in [3.05, 3.63) is 52.8 Å². The highest BCUT2D eigenvalue weighted by molar-refractivity contribution is 6.30. The molecule has 0 radical (unpaired) electrons. The zero-order chi connectivity index (χ0) is 21.5. The van der Waals surface area contributed by atoms with Gasteiger partial charge in [0.1, 0.15) is 0 Å². The fourth-order valence-electron chi connectivity index (χ4n) is 3.74. The van der Waals surface area contributed by atoms with Gasteiger partial charge in [0.15, 0.2) is 5.96 Å². The van der Waals surface area contributed by atoms with E-state index in [-0.39, 0.29) is 6.04 Å². The van der Waals surface area contributed by atoms with Crippen molar-refractivity contribution in [2.45, 2.75) is 19.5 Å². The number of nitrogens with one attached hydrogen (secondary N) is 1. The van der Waals surface area contributed by atoms with Crippen LogP contribution in [0, 0.1) is 0 Å². The fourth-order valence-corrected chi connectivity index (χ4v) is 3.87. The summed E-state index contributed by atoms with van der Waals surface area (Å²) in [7, 11) is 6.14. The largest absolute Gasteiger partial charge is 0.357 e. The summed E-state index contributed by atoms with van der Waals surface area (Å²) in [5.74, 6) is 0.999. The molecule has 1 unspecified atom stereocenters. The molecule has 3 rings (SSSR count). The average Bonchev–Trinajstić information content (AvgIpc) is 3.15. The Hall–Kier alpha value is -2.09. The lowest BCUT2D eigenvalue weighted by Crippen LogP contribution is -2.52. The molecule has 0 bridgehead atoms. The Balaban J connectivity index is 1.59. The van der Waals surface area contributed by atoms with Gasteiger partial charge in [-0.3, -0.25) is 14.6 Å². The summed E-state index contributed by atoms with van der Waals surface area (Å²) in [6.07, 6.45) is 4.01. The van der Waals surface area contributed by atoms with Crippen LogP contribution in [0.5, 0.6) is 0 Å². The van der Waals surface area contributed by atoms with Crippen LogP contribution in [-0.4, -0.2) is 83.8 Å². The minimum atomic E-state index is 0.207. The van der Waals surface area contributed by atoms with E-state index in [1.807, 2.05) is 30.1 Å². The highest BCUT2D eigenvalue weighted by atomic mass is 35.5. The molecule has 2 aromatic rings. The van der Waals surface area contributed by atoms with Crippen LogP contribution < -0.4 is 5.32 Å². The Bertz CT molecular complexity index is 807. The molecule has 1 aliphatic heterocycles. The summed E-state index contributed by atoms with van der Waals surface area (Å²) >= 11 is 6.00. The second kappa shape index (κ2) is 10.8. The second-order valence-corrected chi connectivity index (χ2v) is 8.45. The normalized spacial score (nSPS) is 16.9. The van der Waals surface area contributed by atoms with Crippen LogP contribution in [0.2, 0.25) is 5.02 Å². The van der Waals surface area contributed by atoms with E-state index in [9.17, 15) is 0 Å². The first kappa shape index (κ1) is 22.6. The maximum atomic E-state index is 6.00. The van der Waals surface area contributed by atoms with Gasteiger partial charge in [-0.25, -0.2) is 0 Å². The van der Waals surface area contributed by atoms with Crippen LogP contribution in [0.25, 0.3) is 0 Å². The maximum absolute atomic E-state index is 6.00. The first-order chi connectivity index (χ1) is 14.5. The van der Waals surface area contributed by atoms with E-state index in [2.05, 4.69) is 64.5 Å². The number of likely N-dealkylation sites (N-methyl/N-ethyl adjacent to an activating group) is 1. The van der Waals surface area contributed by atoms with E-state index in [1.165, 1.54) is 11.1 Å². The summed E-state index contributed by atoms with van der Waals surface area (Å²) in [5.41, 5.74) is 2.49. The molecule has 7 nitrogen and oxygen atoms in total. The van der Waals surface area contributed by atoms with Gasteiger partial charge in [-0.1, -0.05) is 23.7 Å². The minimum absolute atomic E-state index is 0.207. The molecule has 2 heterocycles. The smallest absolute Gasteiger partial charge is 0.194 e. The number of nitrogens with zero attached hydrogens (tertiary/aromatic N) is 6. The van der Waals surface area contributed by atoms with Gasteiger partial charge >= 0.3 is 0 Å². The number of aryl methyl sites for hydroxylation is 1. The van der Waals surface area contributed by atoms with Crippen LogP contribution in [-0.2, 0) is 13.6 Å². The lowest BCUT2D eigenvalue weighted by Gasteiger charge is -2.36. The molecule has 1 atom stereocenters. The van der Waals surface area contributed by atoms with E-state index in [1.54, 1.807) is 0 Å². The molecule has 0 amide bonds. The monoisotopic (exact) mass is 431 g/mol. The SMILES string of the molecule is CCNC(=NCC(c1cnn(C)c1)N(C)C)N1CCN(Cc2ccc(Cl)cc2)CC1. The molecule has 1 aromatic heterocycles. The Labute approximate surface area is 185 Å². The number of aromatic nitrogens is 2. The number of aliphatic imine (C=N–C) groups is 1. The standard InChI is InChI=1S/C22H34ClN7/c1-5-24-22(25-15-21(27(2)3)19-14-26-28(4)17-19)30-12-10-29(11-13-30)16-18-6-8-20(23)9-7-18/h6-9,14,17,21H,5,10-13,15-16H2,1-4H3,(H,24,25). The molecular weight excluding hydrogens is 398 g/mol. The molecule has 30 heavy (non-hydrogen) atoms. The van der Waals surface area contributed by atoms with Crippen molar-refractivity contribution in [2.75, 3.05) is 53.4 Å². The van der Waals surface area contributed by atoms with Crippen molar-refractivity contribution in [1.29, 1.82) is 0 Å². The molecule has 1 aromatic carbocycles. The van der Waals surface area contributed by atoms with Gasteiger partial charge in [-0.05, 0) is 38.7 Å². The zero-order valence-corrected chi connectivity index (χ0v) is 19.3. The number of rotatable bonds is 7. The Morgan fingerprint density at radius 1 is 1.20 bits per heavy atom. The van der Waals surface area contributed by atoms with Crippen molar-refractivity contribution in [3.63, 3.8) is 0 Å². The predicted molar refractivity (Wildman–Crippen MR) is 124 cm³/mol. The third-order valence-electron chi connectivity index (χ3n) is 5.47. The van der Waals surface area contributed by atoms with Crippen molar-refractivity contribution in [1.82, 2.24) is 29.8 Å². The quantitative estimate of drug-likeness (QED) is 0.539. The number of hydrogen-bond donors (Lipinski definition) is 1. The molecule has 164 valence electrons. The van der Waals surface area contributed by atoms with Crippen LogP contribution >= 0.6 is 11.6 Å². The number of guanidine groups is 1. The van der Waals surface area contributed by atoms with E-state index >= 15 is 0 Å². The van der Waals surface area contributed by atoms with E-state index in [4.69, 9.17) is 16.6 Å². The summed E-state index contributed by atoms with van der Waals surface area (Å²) in [6, 6.07) is 8.36. The van der Waals surface area contributed by atoms with E-state index in [0.29, 0.717) is 6.54 Å². The van der Waals surface area contributed by atoms with Crippen molar-refractivity contribution >= 4 is 17.6 Å². The predicted octanol–water partition coefficient (Wildman–Crippen LogP) is 2.46. The van der Waals surface area contributed by atoms with E-state index < -0.39 is 0 Å². The first-order valence-electron chi connectivity index (χ1n) is 10.6. The molecule has 8 heteroatoms. The van der Waals surface area contributed by atoms with Crippen LogP contribution in [0.1, 0.15) is 24.1 Å². The Morgan fingerprint density at radius 2 is 1.90 bits per heavy atom. The molecular formula is C22H34ClN7. The topological polar surface area (TPSA) is 51.9 Å². The first-order valence-corrected chi connectivity index (χ1v) is 11.0. The Morgan fingerprint density at radius 3 is 2.47 bits per heavy atom. The van der Waals surface area contributed by atoms with Crippen molar-refractivity contribution < 1.29 is 0 Å². The fraction of sp³-hybridized carbons (Fsp3) is 0.545. The molecule has 1 N–H and O–H groups in total. The second-order valence-electron chi connectivity index (χ2n) is 8.01. The highest BCUT2D eigenvalue weighted by Gasteiger charge is 2.21. The van der Waals surface area contributed by atoms with Gasteiger partial charge in [0.25, 0.3) is 0 Å². The summed E-state index contributed by atoms with van der Waals surface area (Å²) in [4.78, 5) is 12.0. The summed E-state index contributed by atoms with van der Waals surface area (Å²) in [5, 5.41) is 8.59. The third-order valence-corrected chi connectivity index (χ3v) is 5.73. The lowest BCUT2D eigenvalue weighted by atomic mass is 10.1. The van der Waals surface area contributed by atoms with Crippen molar-refractivity contribution in [3.8, 4) is 0 Å². The summed E-state index contributed by atoms with van der Waals surface area (Å²) < 4.78 is 1.85. The van der Waals surface area contributed by atoms with E-state index in [0.717, 1.165) is 50.3 Å². The molecule has 0 saturated carbocycles. The maximum Gasteiger partial charge on any atom is 0.194 e. The van der Waals surface area contributed by atoms with Gasteiger partial charge in [0.05, 0.1) is 18.8 Å². The molecule has 1 aliphatic rings. The Kier molecular flexibility index (Phi) is 8.13. The molecule has 1 fully saturated rings. The molecule has 0 aliphatic carbocycles. The minimum Gasteiger partial charge on any atom is -0.357 e. The number of piperazine rings is 1. The van der Waals surface area contributed by atoms with Gasteiger partial charge < -0.3 is 15.1 Å². The molecule has 0 spiro atoms. The van der Waals surface area contributed by atoms with Crippen molar-refractivity contribution in [2.24, 2.45) is 12.0 Å². The third kappa shape index (κ3) is 6.20. The number of hydrogen-bond acceptors (Lipinski definition) is 4. The van der Waals surface area contributed by atoms with Gasteiger partial charge in [0.2, 0.25) is 0 Å². The van der Waals surface area contributed by atoms with Crippen LogP contribution in [0.15, 0.2) is 41.7 Å². The molecule has 1 saturated heterocycles. The summed E-state index contributed by atoms with van der Waals surface area (Å²) in [6.45, 7) is 8.63. The van der Waals surface area contributed by atoms with Gasteiger partial charge in [-0.15, -0.1) is 0 Å². The van der Waals surface area contributed by atoms with Gasteiger partial charge in [0, 0.05) is 63.1 Å². The lowest BCUT2D eigenvalue weighted by molar-refractivity contribution is 0.172. The average molecular weight is 432 g/mol. The zero-order valence-electron chi connectivity index (χ0n) is 18.6. The van der Waals surface area contributed by atoms with Crippen LogP contribution in [0.3, 0.4) is 0 Å². The number of benzene rings is 1. The van der Waals surface area contributed by atoms with Gasteiger partial charge in [-0.2, -0.15) is 5.10 Å².